The number of phenolic OH excluding ortho intramolecular Hbond substituents is 1. The highest BCUT2D eigenvalue weighted by Gasteiger charge is 2.15. The molecule has 0 spiro atoms. The van der Waals surface area contributed by atoms with E-state index in [0.29, 0.717) is 17.0 Å². The number of rotatable bonds is 6. The summed E-state index contributed by atoms with van der Waals surface area (Å²) < 4.78 is 0. The summed E-state index contributed by atoms with van der Waals surface area (Å²) in [6.07, 6.45) is 2.04. The van der Waals surface area contributed by atoms with Crippen LogP contribution < -0.4 is 10.7 Å². The van der Waals surface area contributed by atoms with E-state index in [2.05, 4.69) is 15.8 Å². The lowest BCUT2D eigenvalue weighted by Crippen LogP contribution is -2.36. The molecule has 6 heteroatoms. The van der Waals surface area contributed by atoms with Crippen molar-refractivity contribution in [3.63, 3.8) is 0 Å². The van der Waals surface area contributed by atoms with E-state index in [0.717, 1.165) is 16.5 Å². The topological polar surface area (TPSA) is 73.7 Å². The van der Waals surface area contributed by atoms with Crippen LogP contribution in [-0.4, -0.2) is 23.3 Å². The predicted molar refractivity (Wildman–Crippen MR) is 111 cm³/mol. The fraction of sp³-hybridized carbons (Fsp3) is 0.143. The van der Waals surface area contributed by atoms with Crippen LogP contribution in [0.5, 0.6) is 5.75 Å². The van der Waals surface area contributed by atoms with Gasteiger partial charge in [0.15, 0.2) is 0 Å². The van der Waals surface area contributed by atoms with Gasteiger partial charge in [0.25, 0.3) is 5.91 Å². The van der Waals surface area contributed by atoms with E-state index in [1.807, 2.05) is 49.4 Å². The number of carbonyl (C=O) groups is 1. The summed E-state index contributed by atoms with van der Waals surface area (Å²) in [5, 5.41) is 19.7. The van der Waals surface area contributed by atoms with E-state index < -0.39 is 6.04 Å². The second-order valence-corrected chi connectivity index (χ2v) is 6.51. The maximum Gasteiger partial charge on any atom is 0.262 e. The zero-order chi connectivity index (χ0) is 19.2. The van der Waals surface area contributed by atoms with Gasteiger partial charge in [-0.25, -0.2) is 5.43 Å². The summed E-state index contributed by atoms with van der Waals surface area (Å²) >= 11 is 5.98. The number of carbonyl (C=O) groups excluding carboxylic acids is 1. The Morgan fingerprint density at radius 2 is 2.00 bits per heavy atom. The Kier molecular flexibility index (Phi) is 5.94. The standard InChI is InChI=1S/C21H20ClN3O2/c1-2-19(24-16-8-5-7-15(22)12-16)21(27)25-23-13-18-17-9-4-3-6-14(17)10-11-20(18)26/h3-13,19,24,26H,2H2,1H3,(H,25,27)/b23-13-/t19-/m1/s1. The van der Waals surface area contributed by atoms with Crippen LogP contribution >= 0.6 is 11.6 Å². The van der Waals surface area contributed by atoms with Gasteiger partial charge in [-0.1, -0.05) is 54.9 Å². The molecule has 0 fully saturated rings. The van der Waals surface area contributed by atoms with Gasteiger partial charge in [-0.15, -0.1) is 0 Å². The lowest BCUT2D eigenvalue weighted by molar-refractivity contribution is -0.121. The largest absolute Gasteiger partial charge is 0.507 e. The molecule has 0 aliphatic heterocycles. The molecule has 1 amide bonds. The van der Waals surface area contributed by atoms with Crippen LogP contribution in [-0.2, 0) is 4.79 Å². The molecular formula is C21H20ClN3O2. The van der Waals surface area contributed by atoms with Gasteiger partial charge in [0, 0.05) is 16.3 Å². The fourth-order valence-corrected chi connectivity index (χ4v) is 2.98. The molecule has 27 heavy (non-hydrogen) atoms. The third kappa shape index (κ3) is 4.57. The van der Waals surface area contributed by atoms with Gasteiger partial charge in [-0.2, -0.15) is 5.10 Å². The highest BCUT2D eigenvalue weighted by molar-refractivity contribution is 6.30. The molecule has 3 rings (SSSR count). The van der Waals surface area contributed by atoms with Gasteiger partial charge in [0.1, 0.15) is 11.8 Å². The first-order chi connectivity index (χ1) is 13.1. The smallest absolute Gasteiger partial charge is 0.262 e. The van der Waals surface area contributed by atoms with Gasteiger partial charge in [0.05, 0.1) is 6.21 Å². The van der Waals surface area contributed by atoms with Gasteiger partial charge in [0.2, 0.25) is 0 Å². The van der Waals surface area contributed by atoms with Crippen molar-refractivity contribution in [2.45, 2.75) is 19.4 Å². The molecule has 3 N–H and O–H groups in total. The maximum atomic E-state index is 12.4. The number of aromatic hydroxyl groups is 1. The summed E-state index contributed by atoms with van der Waals surface area (Å²) in [7, 11) is 0. The number of anilines is 1. The maximum absolute atomic E-state index is 12.4. The number of benzene rings is 3. The number of hydrogen-bond donors (Lipinski definition) is 3. The van der Waals surface area contributed by atoms with Crippen molar-refractivity contribution in [1.82, 2.24) is 5.43 Å². The van der Waals surface area contributed by atoms with Crippen LogP contribution in [0.3, 0.4) is 0 Å². The van der Waals surface area contributed by atoms with Crippen LogP contribution in [0, 0.1) is 0 Å². The second kappa shape index (κ2) is 8.56. The van der Waals surface area contributed by atoms with E-state index in [9.17, 15) is 9.90 Å². The first kappa shape index (κ1) is 18.7. The molecule has 0 bridgehead atoms. The van der Waals surface area contributed by atoms with E-state index in [-0.39, 0.29) is 11.7 Å². The molecule has 0 saturated heterocycles. The van der Waals surface area contributed by atoms with Gasteiger partial charge in [-0.05, 0) is 41.5 Å². The molecule has 3 aromatic carbocycles. The summed E-state index contributed by atoms with van der Waals surface area (Å²) in [6.45, 7) is 1.90. The number of hydrazone groups is 1. The highest BCUT2D eigenvalue weighted by atomic mass is 35.5. The summed E-state index contributed by atoms with van der Waals surface area (Å²) in [5.41, 5.74) is 3.86. The van der Waals surface area contributed by atoms with Crippen molar-refractivity contribution >= 4 is 40.2 Å². The average Bonchev–Trinajstić information content (AvgIpc) is 2.67. The second-order valence-electron chi connectivity index (χ2n) is 6.07. The van der Waals surface area contributed by atoms with Crippen molar-refractivity contribution in [1.29, 1.82) is 0 Å². The van der Waals surface area contributed by atoms with Crippen molar-refractivity contribution in [3.8, 4) is 5.75 Å². The number of nitrogens with one attached hydrogen (secondary N) is 2. The van der Waals surface area contributed by atoms with Gasteiger partial charge in [-0.3, -0.25) is 4.79 Å². The molecular weight excluding hydrogens is 362 g/mol. The van der Waals surface area contributed by atoms with Crippen LogP contribution in [0.2, 0.25) is 5.02 Å². The average molecular weight is 382 g/mol. The Bertz CT molecular complexity index is 988. The molecule has 1 atom stereocenters. The minimum atomic E-state index is -0.457. The molecule has 0 aliphatic carbocycles. The van der Waals surface area contributed by atoms with Gasteiger partial charge >= 0.3 is 0 Å². The Morgan fingerprint density at radius 3 is 2.78 bits per heavy atom. The summed E-state index contributed by atoms with van der Waals surface area (Å²) in [6, 6.07) is 17.8. The minimum Gasteiger partial charge on any atom is -0.507 e. The number of phenols is 1. The fourth-order valence-electron chi connectivity index (χ4n) is 2.79. The third-order valence-corrected chi connectivity index (χ3v) is 4.44. The first-order valence-corrected chi connectivity index (χ1v) is 9.02. The number of hydrogen-bond acceptors (Lipinski definition) is 4. The Labute approximate surface area is 162 Å². The van der Waals surface area contributed by atoms with Crippen LogP contribution in [0.4, 0.5) is 5.69 Å². The zero-order valence-corrected chi connectivity index (χ0v) is 15.6. The molecule has 0 saturated carbocycles. The molecule has 5 nitrogen and oxygen atoms in total. The molecule has 0 unspecified atom stereocenters. The predicted octanol–water partition coefficient (Wildman–Crippen LogP) is 4.54. The number of fused-ring (bicyclic) bond motifs is 1. The Balaban J connectivity index is 1.72. The summed E-state index contributed by atoms with van der Waals surface area (Å²) in [4.78, 5) is 12.4. The van der Waals surface area contributed by atoms with Crippen molar-refractivity contribution in [2.24, 2.45) is 5.10 Å². The molecule has 0 heterocycles. The molecule has 0 aromatic heterocycles. The first-order valence-electron chi connectivity index (χ1n) is 8.64. The highest BCUT2D eigenvalue weighted by Crippen LogP contribution is 2.25. The monoisotopic (exact) mass is 381 g/mol. The summed E-state index contributed by atoms with van der Waals surface area (Å²) in [5.74, 6) is -0.163. The minimum absolute atomic E-state index is 0.107. The molecule has 0 aliphatic rings. The SMILES string of the molecule is CC[C@@H](Nc1cccc(Cl)c1)C(=O)N/N=C\c1c(O)ccc2ccccc12. The van der Waals surface area contributed by atoms with E-state index in [1.165, 1.54) is 6.21 Å². The normalized spacial score (nSPS) is 12.2. The molecule has 0 radical (unpaired) electrons. The van der Waals surface area contributed by atoms with Gasteiger partial charge < -0.3 is 10.4 Å². The Morgan fingerprint density at radius 1 is 1.19 bits per heavy atom. The third-order valence-electron chi connectivity index (χ3n) is 4.21. The lowest BCUT2D eigenvalue weighted by Gasteiger charge is -2.16. The van der Waals surface area contributed by atoms with Crippen molar-refractivity contribution in [3.05, 3.63) is 71.2 Å². The van der Waals surface area contributed by atoms with E-state index >= 15 is 0 Å². The van der Waals surface area contributed by atoms with Crippen molar-refractivity contribution in [2.75, 3.05) is 5.32 Å². The van der Waals surface area contributed by atoms with Crippen LogP contribution in [0.15, 0.2) is 65.8 Å². The molecule has 138 valence electrons. The number of nitrogens with zero attached hydrogens (tertiary/aromatic N) is 1. The van der Waals surface area contributed by atoms with Crippen LogP contribution in [0.1, 0.15) is 18.9 Å². The number of halogens is 1. The number of amides is 1. The van der Waals surface area contributed by atoms with Crippen molar-refractivity contribution < 1.29 is 9.90 Å². The van der Waals surface area contributed by atoms with E-state index in [4.69, 9.17) is 11.6 Å². The lowest BCUT2D eigenvalue weighted by atomic mass is 10.0. The van der Waals surface area contributed by atoms with Crippen LogP contribution in [0.25, 0.3) is 10.8 Å². The van der Waals surface area contributed by atoms with E-state index in [1.54, 1.807) is 18.2 Å². The zero-order valence-electron chi connectivity index (χ0n) is 14.8. The molecule has 3 aromatic rings. The Hall–Kier alpha value is -3.05. The quantitative estimate of drug-likeness (QED) is 0.433.